The molecule has 140 valence electrons. The number of anilines is 1. The van der Waals surface area contributed by atoms with Crippen LogP contribution >= 0.6 is 0 Å². The topological polar surface area (TPSA) is 127 Å². The summed E-state index contributed by atoms with van der Waals surface area (Å²) < 4.78 is 7.30. The number of fused-ring (bicyclic) bond motifs is 1. The maximum absolute atomic E-state index is 10.8. The number of rotatable bonds is 2. The predicted molar refractivity (Wildman–Crippen MR) is 99.8 cm³/mol. The Morgan fingerprint density at radius 1 is 1.38 bits per heavy atom. The van der Waals surface area contributed by atoms with Crippen molar-refractivity contribution in [3.8, 4) is 11.5 Å². The van der Waals surface area contributed by atoms with E-state index in [1.54, 1.807) is 10.8 Å². The zero-order valence-corrected chi connectivity index (χ0v) is 16.3. The molecule has 2 aromatic heterocycles. The highest BCUT2D eigenvalue weighted by molar-refractivity contribution is 6.83. The predicted octanol–water partition coefficient (Wildman–Crippen LogP) is 0.244. The molecular formula is C17H24N4O4Si. The van der Waals surface area contributed by atoms with E-state index in [-0.39, 0.29) is 5.82 Å². The molecule has 26 heavy (non-hydrogen) atoms. The summed E-state index contributed by atoms with van der Waals surface area (Å²) >= 11 is 0. The van der Waals surface area contributed by atoms with Gasteiger partial charge in [0.1, 0.15) is 43.7 Å². The monoisotopic (exact) mass is 376 g/mol. The summed E-state index contributed by atoms with van der Waals surface area (Å²) in [6.07, 6.45) is -0.0650. The van der Waals surface area contributed by atoms with Crippen LogP contribution in [0.5, 0.6) is 0 Å². The molecule has 0 aliphatic carbocycles. The number of aliphatic hydroxyl groups is 3. The van der Waals surface area contributed by atoms with Gasteiger partial charge in [-0.1, -0.05) is 25.6 Å². The maximum Gasteiger partial charge on any atom is 0.167 e. The van der Waals surface area contributed by atoms with Crippen LogP contribution in [0, 0.1) is 11.5 Å². The molecule has 0 amide bonds. The van der Waals surface area contributed by atoms with Crippen molar-refractivity contribution >= 4 is 24.9 Å². The molecule has 5 N–H and O–H groups in total. The quantitative estimate of drug-likeness (QED) is 0.437. The van der Waals surface area contributed by atoms with Crippen molar-refractivity contribution in [2.75, 3.05) is 12.3 Å². The number of hydrogen-bond donors (Lipinski definition) is 4. The SMILES string of the molecule is CC1(O)C(n2cc(C#C[Si](C)(C)C)c3c(N)ncnc32)O[C@H](CO)[C@H]1O. The van der Waals surface area contributed by atoms with E-state index in [1.807, 2.05) is 0 Å². The number of nitrogens with two attached hydrogens (primary N) is 1. The van der Waals surface area contributed by atoms with E-state index in [4.69, 9.17) is 10.5 Å². The van der Waals surface area contributed by atoms with E-state index >= 15 is 0 Å². The highest BCUT2D eigenvalue weighted by Gasteiger charge is 2.53. The summed E-state index contributed by atoms with van der Waals surface area (Å²) in [6, 6.07) is 0. The number of aliphatic hydroxyl groups excluding tert-OH is 2. The van der Waals surface area contributed by atoms with Gasteiger partial charge in [0.25, 0.3) is 0 Å². The number of nitrogens with zero attached hydrogens (tertiary/aromatic N) is 3. The molecule has 1 fully saturated rings. The second kappa shape index (κ2) is 6.33. The van der Waals surface area contributed by atoms with Gasteiger partial charge in [-0.15, -0.1) is 5.54 Å². The maximum atomic E-state index is 10.8. The minimum atomic E-state index is -1.63. The normalized spacial score (nSPS) is 29.0. The first-order chi connectivity index (χ1) is 12.1. The van der Waals surface area contributed by atoms with Crippen molar-refractivity contribution in [3.05, 3.63) is 18.1 Å². The van der Waals surface area contributed by atoms with Crippen molar-refractivity contribution in [1.82, 2.24) is 14.5 Å². The fourth-order valence-corrected chi connectivity index (χ4v) is 3.54. The molecule has 8 nitrogen and oxygen atoms in total. The molecular weight excluding hydrogens is 352 g/mol. The molecule has 1 aliphatic heterocycles. The van der Waals surface area contributed by atoms with Crippen LogP contribution in [0.1, 0.15) is 18.7 Å². The lowest BCUT2D eigenvalue weighted by atomic mass is 9.96. The van der Waals surface area contributed by atoms with Gasteiger partial charge in [-0.25, -0.2) is 9.97 Å². The summed E-state index contributed by atoms with van der Waals surface area (Å²) in [4.78, 5) is 8.31. The number of ether oxygens (including phenoxy) is 1. The third kappa shape index (κ3) is 3.11. The van der Waals surface area contributed by atoms with E-state index in [0.29, 0.717) is 16.6 Å². The van der Waals surface area contributed by atoms with Gasteiger partial charge in [-0.2, -0.15) is 0 Å². The molecule has 9 heteroatoms. The van der Waals surface area contributed by atoms with Crippen LogP contribution in [0.4, 0.5) is 5.82 Å². The van der Waals surface area contributed by atoms with Crippen LogP contribution in [0.2, 0.25) is 19.6 Å². The lowest BCUT2D eigenvalue weighted by Crippen LogP contribution is -2.44. The third-order valence-electron chi connectivity index (χ3n) is 4.40. The summed E-state index contributed by atoms with van der Waals surface area (Å²) in [5, 5.41) is 31.0. The minimum absolute atomic E-state index is 0.283. The zero-order valence-electron chi connectivity index (χ0n) is 15.3. The Bertz CT molecular complexity index is 894. The van der Waals surface area contributed by atoms with E-state index in [9.17, 15) is 15.3 Å². The smallest absolute Gasteiger partial charge is 0.167 e. The van der Waals surface area contributed by atoms with E-state index < -0.39 is 38.7 Å². The fraction of sp³-hybridized carbons (Fsp3) is 0.529. The van der Waals surface area contributed by atoms with Crippen LogP contribution in [0.25, 0.3) is 11.0 Å². The van der Waals surface area contributed by atoms with Crippen molar-refractivity contribution in [2.24, 2.45) is 0 Å². The number of nitrogen functional groups attached to an aromatic ring is 1. The van der Waals surface area contributed by atoms with E-state index in [0.717, 1.165) is 0 Å². The minimum Gasteiger partial charge on any atom is -0.394 e. The molecule has 0 radical (unpaired) electrons. The number of aromatic nitrogens is 3. The first-order valence-electron chi connectivity index (χ1n) is 8.37. The van der Waals surface area contributed by atoms with Gasteiger partial charge in [-0.05, 0) is 6.92 Å². The number of hydrogen-bond acceptors (Lipinski definition) is 7. The lowest BCUT2D eigenvalue weighted by molar-refractivity contribution is -0.0948. The standard InChI is InChI=1S/C17H24N4O4Si/c1-17(24)13(23)11(8-22)25-16(17)21-7-10(5-6-26(2,3)4)12-14(18)19-9-20-15(12)21/h7,9,11,13,16,22-24H,8H2,1-4H3,(H2,18,19,20)/t11-,13-,16?,17?/m1/s1. The Morgan fingerprint density at radius 3 is 2.65 bits per heavy atom. The highest BCUT2D eigenvalue weighted by Crippen LogP contribution is 2.40. The van der Waals surface area contributed by atoms with E-state index in [2.05, 4.69) is 41.1 Å². The zero-order chi connectivity index (χ0) is 19.3. The summed E-state index contributed by atoms with van der Waals surface area (Å²) in [7, 11) is -1.63. The molecule has 0 bridgehead atoms. The Labute approximate surface area is 152 Å². The van der Waals surface area contributed by atoms with Crippen LogP contribution < -0.4 is 5.73 Å². The second-order valence-corrected chi connectivity index (χ2v) is 12.5. The van der Waals surface area contributed by atoms with Gasteiger partial charge < -0.3 is 30.4 Å². The Hall–Kier alpha value is -1.96. The molecule has 0 aromatic carbocycles. The average molecular weight is 376 g/mol. The molecule has 0 spiro atoms. The Morgan fingerprint density at radius 2 is 2.08 bits per heavy atom. The van der Waals surface area contributed by atoms with Crippen LogP contribution in [-0.2, 0) is 4.74 Å². The second-order valence-electron chi connectivity index (χ2n) is 7.79. The van der Waals surface area contributed by atoms with Gasteiger partial charge in [0.2, 0.25) is 0 Å². The van der Waals surface area contributed by atoms with Crippen LogP contribution in [0.3, 0.4) is 0 Å². The molecule has 2 aromatic rings. The highest BCUT2D eigenvalue weighted by atomic mass is 28.3. The van der Waals surface area contributed by atoms with Gasteiger partial charge >= 0.3 is 0 Å². The van der Waals surface area contributed by atoms with Crippen molar-refractivity contribution in [1.29, 1.82) is 0 Å². The van der Waals surface area contributed by atoms with Crippen molar-refractivity contribution in [2.45, 2.75) is 50.6 Å². The van der Waals surface area contributed by atoms with Crippen LogP contribution in [0.15, 0.2) is 12.5 Å². The van der Waals surface area contributed by atoms with E-state index in [1.165, 1.54) is 13.3 Å². The van der Waals surface area contributed by atoms with Gasteiger partial charge in [0.05, 0.1) is 17.6 Å². The molecule has 1 aliphatic rings. The van der Waals surface area contributed by atoms with Gasteiger partial charge in [0, 0.05) is 6.20 Å². The third-order valence-corrected chi connectivity index (χ3v) is 5.27. The molecule has 2 unspecified atom stereocenters. The molecule has 0 saturated carbocycles. The summed E-state index contributed by atoms with van der Waals surface area (Å²) in [5.41, 5.74) is 8.80. The first kappa shape index (κ1) is 18.8. The lowest BCUT2D eigenvalue weighted by Gasteiger charge is -2.27. The molecule has 1 saturated heterocycles. The van der Waals surface area contributed by atoms with Crippen molar-refractivity contribution < 1.29 is 20.1 Å². The Balaban J connectivity index is 2.19. The van der Waals surface area contributed by atoms with Crippen molar-refractivity contribution in [3.63, 3.8) is 0 Å². The molecule has 3 heterocycles. The fourth-order valence-electron chi connectivity index (χ4n) is 3.03. The molecule has 4 atom stereocenters. The van der Waals surface area contributed by atoms with Gasteiger partial charge in [0.15, 0.2) is 6.23 Å². The Kier molecular flexibility index (Phi) is 4.58. The average Bonchev–Trinajstić information content (AvgIpc) is 3.02. The van der Waals surface area contributed by atoms with Gasteiger partial charge in [-0.3, -0.25) is 0 Å². The molecule has 3 rings (SSSR count). The summed E-state index contributed by atoms with van der Waals surface area (Å²) in [6.45, 7) is 7.44. The first-order valence-corrected chi connectivity index (χ1v) is 11.9. The summed E-state index contributed by atoms with van der Waals surface area (Å²) in [5.74, 6) is 3.44. The van der Waals surface area contributed by atoms with Crippen LogP contribution in [-0.4, -0.2) is 62.3 Å². The largest absolute Gasteiger partial charge is 0.394 e.